The lowest BCUT2D eigenvalue weighted by Gasteiger charge is -2.21. The van der Waals surface area contributed by atoms with Gasteiger partial charge < -0.3 is 10.8 Å². The molecule has 1 aliphatic rings. The number of carbonyl (C=O) groups excluding carboxylic acids is 3. The van der Waals surface area contributed by atoms with Gasteiger partial charge in [-0.05, 0) is 17.7 Å². The number of hydrogen-bond donors (Lipinski definition) is 2. The highest BCUT2D eigenvalue weighted by Crippen LogP contribution is 2.42. The molecular weight excluding hydrogens is 356 g/mol. The summed E-state index contributed by atoms with van der Waals surface area (Å²) in [5, 5.41) is 11.0. The van der Waals surface area contributed by atoms with Crippen molar-refractivity contribution in [2.75, 3.05) is 11.4 Å². The summed E-state index contributed by atoms with van der Waals surface area (Å²) in [5.74, 6) is -1.84. The Morgan fingerprint density at radius 2 is 1.71 bits per heavy atom. The van der Waals surface area contributed by atoms with Crippen LogP contribution in [0.4, 0.5) is 5.69 Å². The number of benzene rings is 2. The first kappa shape index (κ1) is 19.3. The van der Waals surface area contributed by atoms with E-state index in [1.165, 1.54) is 6.08 Å². The lowest BCUT2D eigenvalue weighted by atomic mass is 9.90. The van der Waals surface area contributed by atoms with Crippen molar-refractivity contribution in [3.05, 3.63) is 84.0 Å². The van der Waals surface area contributed by atoms with Gasteiger partial charge in [0, 0.05) is 5.56 Å². The topological polar surface area (TPSA) is 101 Å². The van der Waals surface area contributed by atoms with Crippen molar-refractivity contribution in [2.24, 2.45) is 5.73 Å². The molecule has 0 bridgehead atoms. The van der Waals surface area contributed by atoms with Crippen molar-refractivity contribution in [2.45, 2.75) is 12.0 Å². The van der Waals surface area contributed by atoms with E-state index in [4.69, 9.17) is 5.73 Å². The van der Waals surface area contributed by atoms with Crippen molar-refractivity contribution in [3.63, 3.8) is 0 Å². The van der Waals surface area contributed by atoms with Crippen LogP contribution >= 0.6 is 0 Å². The Bertz CT molecular complexity index is 966. The van der Waals surface area contributed by atoms with Crippen LogP contribution in [0.1, 0.15) is 17.5 Å². The van der Waals surface area contributed by atoms with Gasteiger partial charge >= 0.3 is 0 Å². The fourth-order valence-corrected chi connectivity index (χ4v) is 3.20. The SMILES string of the molecule is NC(=O)CN1C(=O)[C@@](O)(CC(=O)/C=C/C=C\c2ccccc2)c2ccccc21. The van der Waals surface area contributed by atoms with E-state index >= 15 is 0 Å². The number of allylic oxidation sites excluding steroid dienone is 3. The first-order valence-corrected chi connectivity index (χ1v) is 8.76. The number of primary amides is 1. The smallest absolute Gasteiger partial charge is 0.264 e. The second-order valence-electron chi connectivity index (χ2n) is 6.51. The first-order valence-electron chi connectivity index (χ1n) is 8.76. The zero-order chi connectivity index (χ0) is 20.1. The molecule has 28 heavy (non-hydrogen) atoms. The minimum absolute atomic E-state index is 0.294. The molecule has 3 rings (SSSR count). The molecule has 0 saturated heterocycles. The number of anilines is 1. The molecular formula is C22H20N2O4. The summed E-state index contributed by atoms with van der Waals surface area (Å²) in [6.07, 6.45) is 5.99. The molecule has 0 unspecified atom stereocenters. The minimum atomic E-state index is -2.02. The van der Waals surface area contributed by atoms with Gasteiger partial charge in [-0.15, -0.1) is 0 Å². The van der Waals surface area contributed by atoms with Crippen molar-refractivity contribution >= 4 is 29.4 Å². The molecule has 0 aromatic heterocycles. The maximum Gasteiger partial charge on any atom is 0.264 e. The number of nitrogens with zero attached hydrogens (tertiary/aromatic N) is 1. The van der Waals surface area contributed by atoms with E-state index in [0.29, 0.717) is 11.3 Å². The van der Waals surface area contributed by atoms with Gasteiger partial charge in [0.2, 0.25) is 5.91 Å². The Kier molecular flexibility index (Phi) is 5.52. The van der Waals surface area contributed by atoms with Gasteiger partial charge in [-0.3, -0.25) is 19.3 Å². The van der Waals surface area contributed by atoms with Gasteiger partial charge in [-0.2, -0.15) is 0 Å². The number of para-hydroxylation sites is 1. The summed E-state index contributed by atoms with van der Waals surface area (Å²) in [5.41, 5.74) is 4.86. The van der Waals surface area contributed by atoms with E-state index in [0.717, 1.165) is 10.5 Å². The highest BCUT2D eigenvalue weighted by atomic mass is 16.3. The fourth-order valence-electron chi connectivity index (χ4n) is 3.20. The highest BCUT2D eigenvalue weighted by molar-refractivity contribution is 6.11. The molecule has 0 aliphatic carbocycles. The average molecular weight is 376 g/mol. The van der Waals surface area contributed by atoms with Crippen LogP contribution in [0.2, 0.25) is 0 Å². The Morgan fingerprint density at radius 1 is 1.04 bits per heavy atom. The lowest BCUT2D eigenvalue weighted by molar-refractivity contribution is -0.141. The maximum atomic E-state index is 12.7. The Balaban J connectivity index is 1.76. The van der Waals surface area contributed by atoms with Gasteiger partial charge in [-0.1, -0.05) is 66.8 Å². The quantitative estimate of drug-likeness (QED) is 0.570. The number of amides is 2. The molecule has 0 fully saturated rings. The third-order valence-corrected chi connectivity index (χ3v) is 4.46. The third kappa shape index (κ3) is 3.92. The monoisotopic (exact) mass is 376 g/mol. The largest absolute Gasteiger partial charge is 0.375 e. The zero-order valence-corrected chi connectivity index (χ0v) is 15.1. The molecule has 6 heteroatoms. The maximum absolute atomic E-state index is 12.7. The van der Waals surface area contributed by atoms with Gasteiger partial charge in [0.15, 0.2) is 11.4 Å². The summed E-state index contributed by atoms with van der Waals surface area (Å²) >= 11 is 0. The van der Waals surface area contributed by atoms with Crippen LogP contribution in [0.25, 0.3) is 6.08 Å². The normalized spacial score (nSPS) is 18.8. The predicted molar refractivity (Wildman–Crippen MR) is 106 cm³/mol. The third-order valence-electron chi connectivity index (χ3n) is 4.46. The molecule has 2 amide bonds. The molecule has 2 aromatic rings. The number of carbonyl (C=O) groups is 3. The molecule has 1 aliphatic heterocycles. The predicted octanol–water partition coefficient (Wildman–Crippen LogP) is 1.93. The zero-order valence-electron chi connectivity index (χ0n) is 15.1. The van der Waals surface area contributed by atoms with Crippen molar-refractivity contribution in [3.8, 4) is 0 Å². The fraction of sp³-hybridized carbons (Fsp3) is 0.136. The van der Waals surface area contributed by atoms with Gasteiger partial charge in [-0.25, -0.2) is 0 Å². The van der Waals surface area contributed by atoms with Gasteiger partial charge in [0.25, 0.3) is 5.91 Å². The van der Waals surface area contributed by atoms with Crippen LogP contribution in [-0.2, 0) is 20.0 Å². The van der Waals surface area contributed by atoms with Crippen LogP contribution in [0, 0.1) is 0 Å². The Hall–Kier alpha value is -3.51. The summed E-state index contributed by atoms with van der Waals surface area (Å²) in [4.78, 5) is 37.5. The van der Waals surface area contributed by atoms with E-state index in [2.05, 4.69) is 0 Å². The number of ketones is 1. The number of hydrogen-bond acceptors (Lipinski definition) is 4. The molecule has 0 saturated carbocycles. The number of nitrogens with two attached hydrogens (primary N) is 1. The molecule has 6 nitrogen and oxygen atoms in total. The van der Waals surface area contributed by atoms with Crippen LogP contribution in [-0.4, -0.2) is 29.2 Å². The summed E-state index contributed by atoms with van der Waals surface area (Å²) in [6, 6.07) is 16.1. The van der Waals surface area contributed by atoms with Crippen molar-refractivity contribution in [1.29, 1.82) is 0 Å². The molecule has 0 spiro atoms. The summed E-state index contributed by atoms with van der Waals surface area (Å²) in [6.45, 7) is -0.359. The van der Waals surface area contributed by atoms with Gasteiger partial charge in [0.1, 0.15) is 6.54 Å². The molecule has 1 heterocycles. The van der Waals surface area contributed by atoms with Crippen LogP contribution in [0.15, 0.2) is 72.8 Å². The second kappa shape index (κ2) is 8.02. The Labute approximate surface area is 162 Å². The van der Waals surface area contributed by atoms with E-state index in [1.807, 2.05) is 36.4 Å². The minimum Gasteiger partial charge on any atom is -0.375 e. The molecule has 3 N–H and O–H groups in total. The molecule has 1 atom stereocenters. The van der Waals surface area contributed by atoms with E-state index in [9.17, 15) is 19.5 Å². The van der Waals surface area contributed by atoms with Crippen molar-refractivity contribution in [1.82, 2.24) is 0 Å². The molecule has 2 aromatic carbocycles. The molecule has 0 radical (unpaired) electrons. The lowest BCUT2D eigenvalue weighted by Crippen LogP contribution is -2.44. The van der Waals surface area contributed by atoms with E-state index in [1.54, 1.807) is 36.4 Å². The van der Waals surface area contributed by atoms with Crippen LogP contribution in [0.3, 0.4) is 0 Å². The van der Waals surface area contributed by atoms with Crippen molar-refractivity contribution < 1.29 is 19.5 Å². The average Bonchev–Trinajstić information content (AvgIpc) is 2.88. The van der Waals surface area contributed by atoms with E-state index < -0.39 is 29.6 Å². The van der Waals surface area contributed by atoms with Crippen LogP contribution < -0.4 is 10.6 Å². The van der Waals surface area contributed by atoms with E-state index in [-0.39, 0.29) is 6.54 Å². The standard InChI is InChI=1S/C22H20N2O4/c23-20(26)15-24-19-13-7-6-12-18(19)22(28,21(24)27)14-17(25)11-5-4-10-16-8-2-1-3-9-16/h1-13,28H,14-15H2,(H2,23,26)/b10-4-,11-5+/t22-/m1/s1. The van der Waals surface area contributed by atoms with Crippen LogP contribution in [0.5, 0.6) is 0 Å². The molecule has 142 valence electrons. The summed E-state index contributed by atoms with van der Waals surface area (Å²) in [7, 11) is 0. The van der Waals surface area contributed by atoms with Gasteiger partial charge in [0.05, 0.1) is 12.1 Å². The number of aliphatic hydroxyl groups is 1. The first-order chi connectivity index (χ1) is 13.4. The number of fused-ring (bicyclic) bond motifs is 1. The number of rotatable bonds is 7. The Morgan fingerprint density at radius 3 is 2.43 bits per heavy atom. The second-order valence-corrected chi connectivity index (χ2v) is 6.51. The highest BCUT2D eigenvalue weighted by Gasteiger charge is 2.50. The summed E-state index contributed by atoms with van der Waals surface area (Å²) < 4.78 is 0.